The van der Waals surface area contributed by atoms with Crippen molar-refractivity contribution in [2.45, 2.75) is 6.92 Å². The summed E-state index contributed by atoms with van der Waals surface area (Å²) in [5.41, 5.74) is -1.14. The van der Waals surface area contributed by atoms with E-state index in [1.165, 1.54) is 19.1 Å². The molecule has 0 amide bonds. The van der Waals surface area contributed by atoms with Gasteiger partial charge in [0.1, 0.15) is 5.56 Å². The number of nitro groups is 2. The summed E-state index contributed by atoms with van der Waals surface area (Å²) >= 11 is 0. The van der Waals surface area contributed by atoms with Gasteiger partial charge in [0.05, 0.1) is 21.2 Å². The van der Waals surface area contributed by atoms with Crippen LogP contribution in [0.15, 0.2) is 36.1 Å². The van der Waals surface area contributed by atoms with Crippen molar-refractivity contribution in [1.29, 1.82) is 0 Å². The number of allylic oxidation sites excluding steroid dienone is 4. The second kappa shape index (κ2) is 5.56. The van der Waals surface area contributed by atoms with Gasteiger partial charge in [-0.05, 0) is 19.1 Å². The summed E-state index contributed by atoms with van der Waals surface area (Å²) in [5.74, 6) is -1.57. The molecule has 1 aromatic rings. The molecular formula is C13H9N3O6. The maximum Gasteiger partial charge on any atom is 0.281 e. The third kappa shape index (κ3) is 2.73. The molecule has 0 bridgehead atoms. The molecule has 0 unspecified atom stereocenters. The monoisotopic (exact) mass is 303 g/mol. The van der Waals surface area contributed by atoms with E-state index in [0.717, 1.165) is 18.2 Å². The molecule has 2 rings (SSSR count). The smallest absolute Gasteiger partial charge is 0.281 e. The average molecular weight is 303 g/mol. The van der Waals surface area contributed by atoms with Gasteiger partial charge in [0, 0.05) is 12.1 Å². The van der Waals surface area contributed by atoms with Gasteiger partial charge < -0.3 is 5.32 Å². The number of carbonyl (C=O) groups is 2. The van der Waals surface area contributed by atoms with E-state index in [1.807, 2.05) is 0 Å². The standard InChI is InChI=1S/C13H9N3O6/c1-7-10(15(19)20)5-8(6-11(7)16(21)22)14-9-3-2-4-12(17)13(9)18/h2-6,14H,1H3. The van der Waals surface area contributed by atoms with Crippen molar-refractivity contribution in [1.82, 2.24) is 0 Å². The number of rotatable bonds is 4. The van der Waals surface area contributed by atoms with Crippen molar-refractivity contribution in [2.75, 3.05) is 5.32 Å². The summed E-state index contributed by atoms with van der Waals surface area (Å²) in [6.07, 6.45) is 3.72. The van der Waals surface area contributed by atoms with Crippen molar-refractivity contribution in [3.05, 3.63) is 61.8 Å². The Morgan fingerprint density at radius 3 is 2.09 bits per heavy atom. The predicted molar refractivity (Wildman–Crippen MR) is 75.3 cm³/mol. The molecule has 112 valence electrons. The molecule has 0 heterocycles. The number of anilines is 1. The van der Waals surface area contributed by atoms with E-state index >= 15 is 0 Å². The van der Waals surface area contributed by atoms with E-state index in [-0.39, 0.29) is 16.9 Å². The molecule has 1 aliphatic carbocycles. The molecule has 1 aliphatic rings. The number of nitro benzene ring substituents is 2. The maximum atomic E-state index is 11.6. The van der Waals surface area contributed by atoms with Crippen LogP contribution < -0.4 is 5.32 Å². The normalized spacial score (nSPS) is 13.8. The molecule has 0 saturated heterocycles. The largest absolute Gasteiger partial charge is 0.352 e. The summed E-state index contributed by atoms with van der Waals surface area (Å²) < 4.78 is 0. The molecule has 0 saturated carbocycles. The van der Waals surface area contributed by atoms with Crippen molar-refractivity contribution in [3.63, 3.8) is 0 Å². The molecule has 0 spiro atoms. The van der Waals surface area contributed by atoms with Gasteiger partial charge in [0.25, 0.3) is 11.4 Å². The number of hydrogen-bond acceptors (Lipinski definition) is 7. The molecule has 0 atom stereocenters. The number of carbonyl (C=O) groups excluding carboxylic acids is 2. The lowest BCUT2D eigenvalue weighted by Crippen LogP contribution is -2.21. The van der Waals surface area contributed by atoms with Crippen LogP contribution in [-0.2, 0) is 9.59 Å². The second-order valence-electron chi connectivity index (χ2n) is 4.41. The van der Waals surface area contributed by atoms with E-state index in [4.69, 9.17) is 0 Å². The van der Waals surface area contributed by atoms with E-state index in [9.17, 15) is 29.8 Å². The van der Waals surface area contributed by atoms with Crippen LogP contribution in [0.3, 0.4) is 0 Å². The van der Waals surface area contributed by atoms with E-state index in [1.54, 1.807) is 0 Å². The van der Waals surface area contributed by atoms with Gasteiger partial charge in [-0.1, -0.05) is 6.08 Å². The molecule has 0 fully saturated rings. The summed E-state index contributed by atoms with van der Waals surface area (Å²) in [5, 5.41) is 24.4. The Kier molecular flexibility index (Phi) is 3.80. The zero-order valence-electron chi connectivity index (χ0n) is 11.2. The first-order valence-corrected chi connectivity index (χ1v) is 5.98. The lowest BCUT2D eigenvalue weighted by Gasteiger charge is -2.11. The summed E-state index contributed by atoms with van der Waals surface area (Å²) in [6.45, 7) is 1.26. The highest BCUT2D eigenvalue weighted by molar-refractivity contribution is 6.48. The number of nitrogens with one attached hydrogen (secondary N) is 1. The van der Waals surface area contributed by atoms with E-state index in [2.05, 4.69) is 5.32 Å². The third-order valence-electron chi connectivity index (χ3n) is 3.00. The van der Waals surface area contributed by atoms with Crippen LogP contribution in [0.2, 0.25) is 0 Å². The highest BCUT2D eigenvalue weighted by Gasteiger charge is 2.25. The number of nitrogens with zero attached hydrogens (tertiary/aromatic N) is 2. The van der Waals surface area contributed by atoms with Gasteiger partial charge >= 0.3 is 0 Å². The topological polar surface area (TPSA) is 132 Å². The van der Waals surface area contributed by atoms with Crippen molar-refractivity contribution in [2.24, 2.45) is 0 Å². The highest BCUT2D eigenvalue weighted by atomic mass is 16.6. The molecule has 0 aromatic heterocycles. The predicted octanol–water partition coefficient (Wildman–Crippen LogP) is 1.82. The first-order chi connectivity index (χ1) is 10.3. The Morgan fingerprint density at radius 2 is 1.59 bits per heavy atom. The lowest BCUT2D eigenvalue weighted by molar-refractivity contribution is -0.395. The number of hydrogen-bond donors (Lipinski definition) is 1. The van der Waals surface area contributed by atoms with Gasteiger partial charge in [0.2, 0.25) is 11.6 Å². The minimum Gasteiger partial charge on any atom is -0.352 e. The molecular weight excluding hydrogens is 294 g/mol. The van der Waals surface area contributed by atoms with Crippen LogP contribution in [-0.4, -0.2) is 21.4 Å². The van der Waals surface area contributed by atoms with Crippen LogP contribution in [0.1, 0.15) is 5.56 Å². The maximum absolute atomic E-state index is 11.6. The number of benzene rings is 1. The Hall–Kier alpha value is -3.36. The highest BCUT2D eigenvalue weighted by Crippen LogP contribution is 2.32. The molecule has 9 heteroatoms. The van der Waals surface area contributed by atoms with Gasteiger partial charge in [-0.2, -0.15) is 0 Å². The Bertz CT molecular complexity index is 743. The molecule has 1 aromatic carbocycles. The van der Waals surface area contributed by atoms with Gasteiger partial charge in [-0.15, -0.1) is 0 Å². The average Bonchev–Trinajstić information content (AvgIpc) is 2.44. The van der Waals surface area contributed by atoms with Crippen molar-refractivity contribution in [3.8, 4) is 0 Å². The lowest BCUT2D eigenvalue weighted by atomic mass is 10.1. The summed E-state index contributed by atoms with van der Waals surface area (Å²) in [6, 6.07) is 2.14. The van der Waals surface area contributed by atoms with Gasteiger partial charge in [-0.25, -0.2) is 0 Å². The van der Waals surface area contributed by atoms with Crippen molar-refractivity contribution >= 4 is 28.6 Å². The Balaban J connectivity index is 2.48. The molecule has 9 nitrogen and oxygen atoms in total. The molecule has 1 N–H and O–H groups in total. The van der Waals surface area contributed by atoms with Crippen LogP contribution in [0.5, 0.6) is 0 Å². The van der Waals surface area contributed by atoms with Crippen LogP contribution in [0.25, 0.3) is 0 Å². The third-order valence-corrected chi connectivity index (χ3v) is 3.00. The minimum atomic E-state index is -0.826. The summed E-state index contributed by atoms with van der Waals surface area (Å²) in [7, 11) is 0. The number of ketones is 2. The quantitative estimate of drug-likeness (QED) is 0.388. The SMILES string of the molecule is Cc1c([N+](=O)[O-])cc(NC2=CC=CC(=O)C2=O)cc1[N+](=O)[O-]. The van der Waals surface area contributed by atoms with Gasteiger partial charge in [0.15, 0.2) is 0 Å². The zero-order valence-corrected chi connectivity index (χ0v) is 11.2. The molecule has 0 aliphatic heterocycles. The second-order valence-corrected chi connectivity index (χ2v) is 4.41. The van der Waals surface area contributed by atoms with Crippen molar-refractivity contribution < 1.29 is 19.4 Å². The fourth-order valence-electron chi connectivity index (χ4n) is 1.91. The Labute approximate surface area is 123 Å². The Morgan fingerprint density at radius 1 is 1.05 bits per heavy atom. The van der Waals surface area contributed by atoms with Crippen LogP contribution in [0, 0.1) is 27.2 Å². The zero-order chi connectivity index (χ0) is 16.4. The first kappa shape index (κ1) is 15.0. The first-order valence-electron chi connectivity index (χ1n) is 5.98. The van der Waals surface area contributed by atoms with Crippen LogP contribution in [0.4, 0.5) is 17.1 Å². The van der Waals surface area contributed by atoms with E-state index < -0.39 is 32.8 Å². The molecule has 22 heavy (non-hydrogen) atoms. The molecule has 0 radical (unpaired) electrons. The van der Waals surface area contributed by atoms with Crippen LogP contribution >= 0.6 is 0 Å². The van der Waals surface area contributed by atoms with Gasteiger partial charge in [-0.3, -0.25) is 29.8 Å². The van der Waals surface area contributed by atoms with E-state index in [0.29, 0.717) is 0 Å². The number of Topliss-reactive ketones (excluding diaryl/α,β-unsaturated/α-hetero) is 1. The fourth-order valence-corrected chi connectivity index (χ4v) is 1.91. The fraction of sp³-hybridized carbons (Fsp3) is 0.0769. The minimum absolute atomic E-state index is 0.0216. The summed E-state index contributed by atoms with van der Waals surface area (Å²) in [4.78, 5) is 43.3.